The molecule has 0 saturated heterocycles. The Morgan fingerprint density at radius 1 is 1.10 bits per heavy atom. The van der Waals surface area contributed by atoms with Gasteiger partial charge in [0, 0.05) is 5.56 Å². The highest BCUT2D eigenvalue weighted by molar-refractivity contribution is 7.18. The van der Waals surface area contributed by atoms with Crippen LogP contribution in [0, 0.1) is 6.92 Å². The summed E-state index contributed by atoms with van der Waals surface area (Å²) in [6.07, 6.45) is -0.899. The van der Waals surface area contributed by atoms with Gasteiger partial charge >= 0.3 is 17.9 Å². The molecule has 2 heterocycles. The van der Waals surface area contributed by atoms with Gasteiger partial charge in [-0.1, -0.05) is 0 Å². The molecule has 1 aliphatic heterocycles. The van der Waals surface area contributed by atoms with Crippen molar-refractivity contribution in [2.24, 2.45) is 0 Å². The van der Waals surface area contributed by atoms with Crippen molar-refractivity contribution in [1.82, 2.24) is 0 Å². The number of anilines is 1. The molecule has 3 rings (SSSR count). The maximum atomic E-state index is 12.6. The number of hydrogen-bond donors (Lipinski definition) is 1. The number of carbonyl (C=O) groups is 3. The molecular weight excluding hydrogens is 426 g/mol. The van der Waals surface area contributed by atoms with Gasteiger partial charge in [0.05, 0.1) is 33.0 Å². The molecule has 1 atom stereocenters. The number of esters is 3. The van der Waals surface area contributed by atoms with Crippen LogP contribution in [-0.4, -0.2) is 45.3 Å². The number of ether oxygens (including phenoxy) is 5. The van der Waals surface area contributed by atoms with Crippen LogP contribution in [-0.2, 0) is 14.2 Å². The molecule has 0 radical (unpaired) electrons. The first-order valence-electron chi connectivity index (χ1n) is 9.57. The molecule has 1 aliphatic rings. The smallest absolute Gasteiger partial charge is 0.348 e. The van der Waals surface area contributed by atoms with Gasteiger partial charge in [0.15, 0.2) is 11.5 Å². The van der Waals surface area contributed by atoms with Crippen LogP contribution in [0.25, 0.3) is 0 Å². The molecule has 31 heavy (non-hydrogen) atoms. The molecule has 1 unspecified atom stereocenters. The Hall–Kier alpha value is -3.27. The minimum absolute atomic E-state index is 0.167. The highest BCUT2D eigenvalue weighted by Gasteiger charge is 2.37. The summed E-state index contributed by atoms with van der Waals surface area (Å²) in [5.74, 6) is -1.08. The minimum Gasteiger partial charge on any atom is -0.493 e. The summed E-state index contributed by atoms with van der Waals surface area (Å²) in [6.45, 7) is 5.39. The molecule has 0 spiro atoms. The van der Waals surface area contributed by atoms with Crippen LogP contribution in [0.15, 0.2) is 12.1 Å². The van der Waals surface area contributed by atoms with E-state index in [0.29, 0.717) is 21.9 Å². The topological polar surface area (TPSA) is 109 Å². The number of fused-ring (bicyclic) bond motifs is 1. The van der Waals surface area contributed by atoms with Crippen LogP contribution in [0.5, 0.6) is 11.5 Å². The van der Waals surface area contributed by atoms with E-state index < -0.39 is 24.1 Å². The predicted octanol–water partition coefficient (Wildman–Crippen LogP) is 3.71. The van der Waals surface area contributed by atoms with Gasteiger partial charge in [-0.15, -0.1) is 11.3 Å². The molecule has 1 aromatic heterocycles. The van der Waals surface area contributed by atoms with Crippen molar-refractivity contribution >= 4 is 34.2 Å². The zero-order valence-corrected chi connectivity index (χ0v) is 18.6. The van der Waals surface area contributed by atoms with Crippen LogP contribution in [0.1, 0.15) is 61.6 Å². The molecule has 1 N–H and O–H groups in total. The number of nitrogens with one attached hydrogen (secondary N) is 1. The molecule has 0 bridgehead atoms. The summed E-state index contributed by atoms with van der Waals surface area (Å²) in [5.41, 5.74) is 1.37. The molecule has 166 valence electrons. The Morgan fingerprint density at radius 3 is 2.39 bits per heavy atom. The second-order valence-electron chi connectivity index (χ2n) is 6.40. The lowest BCUT2D eigenvalue weighted by molar-refractivity contribution is 0.0434. The molecule has 9 nitrogen and oxygen atoms in total. The van der Waals surface area contributed by atoms with E-state index >= 15 is 0 Å². The average Bonchev–Trinajstić information content (AvgIpc) is 3.24. The first-order valence-corrected chi connectivity index (χ1v) is 10.4. The Kier molecular flexibility index (Phi) is 6.69. The highest BCUT2D eigenvalue weighted by atomic mass is 32.1. The van der Waals surface area contributed by atoms with Crippen molar-refractivity contribution in [3.63, 3.8) is 0 Å². The lowest BCUT2D eigenvalue weighted by atomic mass is 10.1. The summed E-state index contributed by atoms with van der Waals surface area (Å²) in [6, 6.07) is 3.33. The van der Waals surface area contributed by atoms with Gasteiger partial charge in [-0.3, -0.25) is 0 Å². The maximum absolute atomic E-state index is 12.6. The van der Waals surface area contributed by atoms with Crippen molar-refractivity contribution in [2.75, 3.05) is 32.8 Å². The maximum Gasteiger partial charge on any atom is 0.348 e. The molecule has 0 fully saturated rings. The highest BCUT2D eigenvalue weighted by Crippen LogP contribution is 2.44. The van der Waals surface area contributed by atoms with Gasteiger partial charge in [-0.25, -0.2) is 14.4 Å². The quantitative estimate of drug-likeness (QED) is 0.476. The molecule has 2 aromatic rings. The number of benzene rings is 1. The van der Waals surface area contributed by atoms with E-state index in [1.54, 1.807) is 32.9 Å². The number of rotatable bonds is 8. The summed E-state index contributed by atoms with van der Waals surface area (Å²) in [4.78, 5) is 37.8. The second kappa shape index (κ2) is 9.25. The van der Waals surface area contributed by atoms with E-state index in [-0.39, 0.29) is 35.0 Å². The fraction of sp³-hybridized carbons (Fsp3) is 0.381. The Labute approximate surface area is 183 Å². The van der Waals surface area contributed by atoms with Gasteiger partial charge in [0.1, 0.15) is 15.4 Å². The van der Waals surface area contributed by atoms with E-state index in [9.17, 15) is 14.4 Å². The number of hydrogen-bond acceptors (Lipinski definition) is 10. The van der Waals surface area contributed by atoms with E-state index in [1.165, 1.54) is 14.2 Å². The first-order chi connectivity index (χ1) is 14.9. The lowest BCUT2D eigenvalue weighted by Gasteiger charge is -2.15. The Morgan fingerprint density at radius 2 is 1.77 bits per heavy atom. The largest absolute Gasteiger partial charge is 0.493 e. The Balaban J connectivity index is 2.04. The van der Waals surface area contributed by atoms with Crippen molar-refractivity contribution < 1.29 is 38.1 Å². The average molecular weight is 449 g/mol. The molecule has 0 aliphatic carbocycles. The third-order valence-electron chi connectivity index (χ3n) is 4.64. The van der Waals surface area contributed by atoms with Gasteiger partial charge in [-0.05, 0) is 38.5 Å². The van der Waals surface area contributed by atoms with Gasteiger partial charge in [-0.2, -0.15) is 0 Å². The standard InChI is InChI=1S/C21H23NO8S/c1-6-28-19(23)13-10(3)16(21(25)29-7-2)31-18(13)22-17-11-8-9-12(26-4)15(27-5)14(11)20(24)30-17/h8-9,17,22H,6-7H2,1-5H3. The third kappa shape index (κ3) is 4.02. The van der Waals surface area contributed by atoms with Crippen molar-refractivity contribution in [2.45, 2.75) is 27.0 Å². The minimum atomic E-state index is -0.899. The van der Waals surface area contributed by atoms with E-state index in [2.05, 4.69) is 5.32 Å². The van der Waals surface area contributed by atoms with Gasteiger partial charge < -0.3 is 29.0 Å². The van der Waals surface area contributed by atoms with Crippen LogP contribution < -0.4 is 14.8 Å². The number of thiophene rings is 1. The van der Waals surface area contributed by atoms with E-state index in [0.717, 1.165) is 11.3 Å². The van der Waals surface area contributed by atoms with E-state index in [4.69, 9.17) is 23.7 Å². The summed E-state index contributed by atoms with van der Waals surface area (Å²) < 4.78 is 26.3. The summed E-state index contributed by atoms with van der Waals surface area (Å²) >= 11 is 1.03. The first kappa shape index (κ1) is 22.4. The fourth-order valence-electron chi connectivity index (χ4n) is 3.28. The van der Waals surface area contributed by atoms with Crippen LogP contribution in [0.4, 0.5) is 5.00 Å². The zero-order chi connectivity index (χ0) is 22.7. The van der Waals surface area contributed by atoms with Crippen molar-refractivity contribution in [1.29, 1.82) is 0 Å². The fourth-order valence-corrected chi connectivity index (χ4v) is 4.39. The summed E-state index contributed by atoms with van der Waals surface area (Å²) in [5, 5.41) is 3.39. The molecular formula is C21H23NO8S. The SMILES string of the molecule is CCOC(=O)c1sc(NC2OC(=O)c3c2ccc(OC)c3OC)c(C(=O)OCC)c1C. The van der Waals surface area contributed by atoms with Crippen LogP contribution >= 0.6 is 11.3 Å². The Bertz CT molecular complexity index is 1030. The normalized spacial score (nSPS) is 14.5. The summed E-state index contributed by atoms with van der Waals surface area (Å²) in [7, 11) is 2.90. The monoisotopic (exact) mass is 449 g/mol. The molecule has 0 amide bonds. The molecule has 1 aromatic carbocycles. The van der Waals surface area contributed by atoms with Crippen LogP contribution in [0.2, 0.25) is 0 Å². The molecule has 10 heteroatoms. The van der Waals surface area contributed by atoms with Gasteiger partial charge in [0.2, 0.25) is 6.23 Å². The predicted molar refractivity (Wildman–Crippen MR) is 112 cm³/mol. The number of cyclic esters (lactones) is 1. The van der Waals surface area contributed by atoms with Crippen molar-refractivity contribution in [3.05, 3.63) is 39.3 Å². The lowest BCUT2D eigenvalue weighted by Crippen LogP contribution is -2.13. The zero-order valence-electron chi connectivity index (χ0n) is 17.8. The number of carbonyl (C=O) groups excluding carboxylic acids is 3. The van der Waals surface area contributed by atoms with Crippen LogP contribution in [0.3, 0.4) is 0 Å². The third-order valence-corrected chi connectivity index (χ3v) is 5.84. The van der Waals surface area contributed by atoms with Crippen molar-refractivity contribution in [3.8, 4) is 11.5 Å². The number of methoxy groups -OCH3 is 2. The molecule has 0 saturated carbocycles. The van der Waals surface area contributed by atoms with Gasteiger partial charge in [0.25, 0.3) is 0 Å². The second-order valence-corrected chi connectivity index (χ2v) is 7.42. The van der Waals surface area contributed by atoms with E-state index in [1.807, 2.05) is 0 Å².